The fraction of sp³-hybridized carbons (Fsp3) is 0.500. The molecule has 1 N–H and O–H groups in total. The molecular formula is C12H16FN. The molecule has 0 spiro atoms. The van der Waals surface area contributed by atoms with Gasteiger partial charge in [-0.1, -0.05) is 19.1 Å². The van der Waals surface area contributed by atoms with Gasteiger partial charge in [-0.2, -0.15) is 0 Å². The lowest BCUT2D eigenvalue weighted by molar-refractivity contribution is 0.553. The van der Waals surface area contributed by atoms with Crippen molar-refractivity contribution in [3.63, 3.8) is 0 Å². The van der Waals surface area contributed by atoms with Crippen LogP contribution in [0.25, 0.3) is 0 Å². The van der Waals surface area contributed by atoms with Crippen molar-refractivity contribution in [1.82, 2.24) is 5.32 Å². The molecule has 14 heavy (non-hydrogen) atoms. The van der Waals surface area contributed by atoms with Gasteiger partial charge < -0.3 is 5.32 Å². The summed E-state index contributed by atoms with van der Waals surface area (Å²) in [4.78, 5) is 0. The molecule has 0 aliphatic carbocycles. The van der Waals surface area contributed by atoms with Crippen LogP contribution in [0.4, 0.5) is 4.39 Å². The van der Waals surface area contributed by atoms with Gasteiger partial charge in [-0.25, -0.2) is 4.39 Å². The van der Waals surface area contributed by atoms with Crippen molar-refractivity contribution in [2.24, 2.45) is 0 Å². The Morgan fingerprint density at radius 3 is 3.00 bits per heavy atom. The molecule has 0 aromatic heterocycles. The van der Waals surface area contributed by atoms with Gasteiger partial charge in [0.05, 0.1) is 0 Å². The van der Waals surface area contributed by atoms with Gasteiger partial charge in [0.1, 0.15) is 5.82 Å². The fourth-order valence-electron chi connectivity index (χ4n) is 2.21. The van der Waals surface area contributed by atoms with E-state index in [2.05, 4.69) is 12.2 Å². The van der Waals surface area contributed by atoms with Crippen LogP contribution < -0.4 is 5.32 Å². The van der Waals surface area contributed by atoms with E-state index in [0.29, 0.717) is 0 Å². The third kappa shape index (κ3) is 1.67. The normalized spacial score (nSPS) is 21.4. The predicted molar refractivity (Wildman–Crippen MR) is 55.8 cm³/mol. The fourth-order valence-corrected chi connectivity index (χ4v) is 2.21. The van der Waals surface area contributed by atoms with Crippen LogP contribution in [-0.2, 0) is 6.42 Å². The summed E-state index contributed by atoms with van der Waals surface area (Å²) in [7, 11) is 0. The number of benzene rings is 1. The Kier molecular flexibility index (Phi) is 2.82. The second kappa shape index (κ2) is 4.09. The number of hydrogen-bond donors (Lipinski definition) is 1. The van der Waals surface area contributed by atoms with E-state index in [9.17, 15) is 4.39 Å². The van der Waals surface area contributed by atoms with Gasteiger partial charge in [0, 0.05) is 11.6 Å². The summed E-state index contributed by atoms with van der Waals surface area (Å²) in [6.45, 7) is 3.09. The van der Waals surface area contributed by atoms with Crippen molar-refractivity contribution < 1.29 is 4.39 Å². The van der Waals surface area contributed by atoms with E-state index in [-0.39, 0.29) is 11.9 Å². The third-order valence-corrected chi connectivity index (χ3v) is 2.93. The lowest BCUT2D eigenvalue weighted by atomic mass is 9.97. The average Bonchev–Trinajstić information content (AvgIpc) is 2.70. The molecule has 0 radical (unpaired) electrons. The minimum atomic E-state index is -0.0521. The molecule has 1 aliphatic heterocycles. The maximum atomic E-state index is 13.6. The van der Waals surface area contributed by atoms with Gasteiger partial charge in [0.25, 0.3) is 0 Å². The van der Waals surface area contributed by atoms with E-state index in [4.69, 9.17) is 0 Å². The van der Waals surface area contributed by atoms with Gasteiger partial charge in [0.15, 0.2) is 0 Å². The highest BCUT2D eigenvalue weighted by molar-refractivity contribution is 5.32. The topological polar surface area (TPSA) is 12.0 Å². The van der Waals surface area contributed by atoms with Crippen LogP contribution in [0, 0.1) is 5.82 Å². The summed E-state index contributed by atoms with van der Waals surface area (Å²) >= 11 is 0. The molecule has 1 saturated heterocycles. The molecule has 1 aliphatic rings. The molecule has 76 valence electrons. The van der Waals surface area contributed by atoms with Gasteiger partial charge in [-0.05, 0) is 37.4 Å². The molecule has 1 nitrogen and oxygen atoms in total. The van der Waals surface area contributed by atoms with Crippen LogP contribution in [0.15, 0.2) is 18.2 Å². The number of halogens is 1. The van der Waals surface area contributed by atoms with E-state index in [0.717, 1.165) is 36.9 Å². The highest BCUT2D eigenvalue weighted by Crippen LogP contribution is 2.28. The summed E-state index contributed by atoms with van der Waals surface area (Å²) in [6, 6.07) is 5.63. The van der Waals surface area contributed by atoms with Crippen LogP contribution in [0.5, 0.6) is 0 Å². The predicted octanol–water partition coefficient (Wildman–Crippen LogP) is 2.81. The van der Waals surface area contributed by atoms with Crippen LogP contribution in [-0.4, -0.2) is 6.54 Å². The molecule has 1 atom stereocenters. The van der Waals surface area contributed by atoms with Gasteiger partial charge in [-0.3, -0.25) is 0 Å². The maximum Gasteiger partial charge on any atom is 0.128 e. The molecule has 2 rings (SSSR count). The Morgan fingerprint density at radius 2 is 2.36 bits per heavy atom. The van der Waals surface area contributed by atoms with E-state index >= 15 is 0 Å². The van der Waals surface area contributed by atoms with Crippen molar-refractivity contribution in [1.29, 1.82) is 0 Å². The minimum absolute atomic E-state index is 0.0521. The number of aryl methyl sites for hydroxylation is 1. The van der Waals surface area contributed by atoms with Crippen molar-refractivity contribution in [3.05, 3.63) is 35.1 Å². The molecular weight excluding hydrogens is 177 g/mol. The van der Waals surface area contributed by atoms with E-state index in [1.165, 1.54) is 0 Å². The molecule has 0 amide bonds. The van der Waals surface area contributed by atoms with Crippen LogP contribution in [0.1, 0.15) is 36.9 Å². The van der Waals surface area contributed by atoms with Crippen LogP contribution in [0.3, 0.4) is 0 Å². The third-order valence-electron chi connectivity index (χ3n) is 2.93. The van der Waals surface area contributed by atoms with Gasteiger partial charge in [0.2, 0.25) is 0 Å². The zero-order valence-electron chi connectivity index (χ0n) is 8.52. The first-order chi connectivity index (χ1) is 6.83. The van der Waals surface area contributed by atoms with Crippen LogP contribution >= 0.6 is 0 Å². The zero-order valence-corrected chi connectivity index (χ0v) is 8.52. The Labute approximate surface area is 84.3 Å². The number of hydrogen-bond acceptors (Lipinski definition) is 1. The Balaban J connectivity index is 2.37. The zero-order chi connectivity index (χ0) is 9.97. The monoisotopic (exact) mass is 193 g/mol. The highest BCUT2D eigenvalue weighted by Gasteiger charge is 2.21. The largest absolute Gasteiger partial charge is 0.310 e. The van der Waals surface area contributed by atoms with E-state index in [1.54, 1.807) is 12.1 Å². The molecule has 1 aromatic rings. The second-order valence-electron chi connectivity index (χ2n) is 3.82. The summed E-state index contributed by atoms with van der Waals surface area (Å²) in [5, 5.41) is 3.35. The molecule has 1 heterocycles. The van der Waals surface area contributed by atoms with E-state index < -0.39 is 0 Å². The summed E-state index contributed by atoms with van der Waals surface area (Å²) in [5.74, 6) is -0.0521. The lowest BCUT2D eigenvalue weighted by Crippen LogP contribution is -2.16. The Morgan fingerprint density at radius 1 is 1.50 bits per heavy atom. The SMILES string of the molecule is CCc1cccc(F)c1[C@@H]1CCCN1. The molecule has 0 unspecified atom stereocenters. The first-order valence-corrected chi connectivity index (χ1v) is 5.33. The van der Waals surface area contributed by atoms with Crippen molar-refractivity contribution in [3.8, 4) is 0 Å². The molecule has 2 heteroatoms. The highest BCUT2D eigenvalue weighted by atomic mass is 19.1. The quantitative estimate of drug-likeness (QED) is 0.761. The van der Waals surface area contributed by atoms with Gasteiger partial charge in [-0.15, -0.1) is 0 Å². The van der Waals surface area contributed by atoms with Crippen LogP contribution in [0.2, 0.25) is 0 Å². The average molecular weight is 193 g/mol. The lowest BCUT2D eigenvalue weighted by Gasteiger charge is -2.15. The first kappa shape index (κ1) is 9.66. The summed E-state index contributed by atoms with van der Waals surface area (Å²) < 4.78 is 13.6. The van der Waals surface area contributed by atoms with Crippen molar-refractivity contribution in [2.75, 3.05) is 6.54 Å². The summed E-state index contributed by atoms with van der Waals surface area (Å²) in [6.07, 6.45) is 3.13. The number of rotatable bonds is 2. The minimum Gasteiger partial charge on any atom is -0.310 e. The Hall–Kier alpha value is -0.890. The maximum absolute atomic E-state index is 13.6. The van der Waals surface area contributed by atoms with Crippen molar-refractivity contribution >= 4 is 0 Å². The molecule has 1 fully saturated rings. The molecule has 0 bridgehead atoms. The second-order valence-corrected chi connectivity index (χ2v) is 3.82. The summed E-state index contributed by atoms with van der Waals surface area (Å²) in [5.41, 5.74) is 2.04. The first-order valence-electron chi connectivity index (χ1n) is 5.33. The molecule has 0 saturated carbocycles. The standard InChI is InChI=1S/C12H16FN/c1-2-9-5-3-6-10(13)12(9)11-7-4-8-14-11/h3,5-6,11,14H,2,4,7-8H2,1H3/t11-/m0/s1. The van der Waals surface area contributed by atoms with E-state index in [1.807, 2.05) is 6.07 Å². The number of nitrogens with one attached hydrogen (secondary N) is 1. The Bertz CT molecular complexity index is 316. The smallest absolute Gasteiger partial charge is 0.128 e. The molecule has 1 aromatic carbocycles. The van der Waals surface area contributed by atoms with Gasteiger partial charge >= 0.3 is 0 Å². The van der Waals surface area contributed by atoms with Crippen molar-refractivity contribution in [2.45, 2.75) is 32.2 Å².